The Hall–Kier alpha value is -2.65. The Bertz CT molecular complexity index is 854. The Morgan fingerprint density at radius 1 is 1.10 bits per heavy atom. The highest BCUT2D eigenvalue weighted by atomic mass is 32.2. The van der Waals surface area contributed by atoms with E-state index in [0.717, 1.165) is 0 Å². The summed E-state index contributed by atoms with van der Waals surface area (Å²) in [5.41, 5.74) is 16.4. The fourth-order valence-electron chi connectivity index (χ4n) is 1.78. The fraction of sp³-hybridized carbons (Fsp3) is 0. The molecule has 0 unspecified atom stereocenters. The Morgan fingerprint density at radius 3 is 2.43 bits per heavy atom. The van der Waals surface area contributed by atoms with Crippen LogP contribution in [0.15, 0.2) is 51.3 Å². The van der Waals surface area contributed by atoms with Crippen molar-refractivity contribution in [2.45, 2.75) is 4.90 Å². The van der Waals surface area contributed by atoms with Crippen LogP contribution in [0.1, 0.15) is 0 Å². The number of hydrogen-bond acceptors (Lipinski definition) is 3. The van der Waals surface area contributed by atoms with E-state index in [4.69, 9.17) is 21.8 Å². The van der Waals surface area contributed by atoms with Crippen LogP contribution in [-0.2, 0) is 10.1 Å². The van der Waals surface area contributed by atoms with Crippen LogP contribution in [0.25, 0.3) is 10.8 Å². The fourth-order valence-corrected chi connectivity index (χ4v) is 2.30. The molecule has 0 saturated heterocycles. The number of nitrogens with two attached hydrogens (primary N) is 3. The molecule has 9 heteroatoms. The van der Waals surface area contributed by atoms with E-state index in [1.807, 2.05) is 0 Å². The first-order chi connectivity index (χ1) is 9.77. The monoisotopic (exact) mass is 307 g/mol. The van der Waals surface area contributed by atoms with Crippen LogP contribution in [0.5, 0.6) is 0 Å². The number of aliphatic imine (C=N–C) groups is 2. The molecule has 0 aliphatic rings. The molecule has 2 aromatic rings. The van der Waals surface area contributed by atoms with Crippen LogP contribution in [0.3, 0.4) is 0 Å². The lowest BCUT2D eigenvalue weighted by molar-refractivity contribution is 0.483. The average Bonchev–Trinajstić information content (AvgIpc) is 2.36. The molecule has 0 bridgehead atoms. The minimum Gasteiger partial charge on any atom is -0.370 e. The molecule has 0 aromatic heterocycles. The maximum Gasteiger partial charge on any atom is 0.294 e. The highest BCUT2D eigenvalue weighted by Gasteiger charge is 2.10. The molecule has 0 amide bonds. The van der Waals surface area contributed by atoms with Crippen LogP contribution >= 0.6 is 0 Å². The topological polar surface area (TPSA) is 157 Å². The maximum absolute atomic E-state index is 11.1. The van der Waals surface area contributed by atoms with Gasteiger partial charge in [0.25, 0.3) is 10.1 Å². The smallest absolute Gasteiger partial charge is 0.294 e. The average molecular weight is 307 g/mol. The summed E-state index contributed by atoms with van der Waals surface area (Å²) in [6, 6.07) is 9.13. The van der Waals surface area contributed by atoms with E-state index >= 15 is 0 Å². The summed E-state index contributed by atoms with van der Waals surface area (Å²) in [6.45, 7) is 0. The van der Waals surface area contributed by atoms with Gasteiger partial charge in [0.2, 0.25) is 5.96 Å². The molecule has 0 fully saturated rings. The molecular formula is C12H13N5O3S. The van der Waals surface area contributed by atoms with Crippen LogP contribution in [-0.4, -0.2) is 24.9 Å². The Morgan fingerprint density at radius 2 is 1.81 bits per heavy atom. The van der Waals surface area contributed by atoms with Gasteiger partial charge in [0.05, 0.1) is 10.6 Å². The normalized spacial score (nSPS) is 12.3. The van der Waals surface area contributed by atoms with Crippen molar-refractivity contribution in [1.29, 1.82) is 0 Å². The summed E-state index contributed by atoms with van der Waals surface area (Å²) in [5.74, 6) is -0.341. The third kappa shape index (κ3) is 3.46. The largest absolute Gasteiger partial charge is 0.370 e. The van der Waals surface area contributed by atoms with E-state index in [9.17, 15) is 8.42 Å². The highest BCUT2D eigenvalue weighted by Crippen LogP contribution is 2.28. The number of hydrogen-bond donors (Lipinski definition) is 4. The van der Waals surface area contributed by atoms with Crippen molar-refractivity contribution in [2.24, 2.45) is 27.2 Å². The molecule has 0 atom stereocenters. The first-order valence-corrected chi connectivity index (χ1v) is 7.15. The van der Waals surface area contributed by atoms with E-state index in [-0.39, 0.29) is 16.8 Å². The lowest BCUT2D eigenvalue weighted by Gasteiger charge is -2.04. The van der Waals surface area contributed by atoms with Gasteiger partial charge in [0.1, 0.15) is 0 Å². The summed E-state index contributed by atoms with van der Waals surface area (Å²) in [4.78, 5) is 7.45. The van der Waals surface area contributed by atoms with Crippen LogP contribution in [0.4, 0.5) is 5.69 Å². The van der Waals surface area contributed by atoms with E-state index in [0.29, 0.717) is 16.5 Å². The number of rotatable bonds is 2. The summed E-state index contributed by atoms with van der Waals surface area (Å²) in [6.07, 6.45) is 0. The Labute approximate surface area is 120 Å². The minimum absolute atomic E-state index is 0.124. The zero-order valence-corrected chi connectivity index (χ0v) is 11.6. The number of nitrogens with zero attached hydrogens (tertiary/aromatic N) is 2. The molecule has 110 valence electrons. The Kier molecular flexibility index (Phi) is 3.78. The van der Waals surface area contributed by atoms with E-state index in [1.165, 1.54) is 18.2 Å². The summed E-state index contributed by atoms with van der Waals surface area (Å²) < 4.78 is 31.3. The van der Waals surface area contributed by atoms with Gasteiger partial charge in [-0.05, 0) is 23.6 Å². The van der Waals surface area contributed by atoms with Gasteiger partial charge in [0, 0.05) is 5.39 Å². The third-order valence-electron chi connectivity index (χ3n) is 2.61. The molecule has 0 saturated carbocycles. The summed E-state index contributed by atoms with van der Waals surface area (Å²) in [7, 11) is -4.26. The van der Waals surface area contributed by atoms with Gasteiger partial charge in [0.15, 0.2) is 5.96 Å². The highest BCUT2D eigenvalue weighted by molar-refractivity contribution is 7.85. The third-order valence-corrected chi connectivity index (χ3v) is 3.46. The molecule has 0 aliphatic carbocycles. The lowest BCUT2D eigenvalue weighted by Crippen LogP contribution is -2.26. The van der Waals surface area contributed by atoms with Crippen molar-refractivity contribution in [3.8, 4) is 0 Å². The van der Waals surface area contributed by atoms with Gasteiger partial charge in [-0.15, -0.1) is 0 Å². The molecule has 2 aromatic carbocycles. The molecule has 0 heterocycles. The van der Waals surface area contributed by atoms with Crippen molar-refractivity contribution < 1.29 is 13.0 Å². The van der Waals surface area contributed by atoms with Gasteiger partial charge in [-0.25, -0.2) is 4.99 Å². The standard InChI is InChI=1S/C12H13N5O3S/c13-11(14)17-12(15)16-10-3-1-2-7-6-8(21(18,19)20)4-5-9(7)10/h1-6H,(H,18,19,20)(H6,13,14,15,16,17). The van der Waals surface area contributed by atoms with Gasteiger partial charge in [-0.2, -0.15) is 13.4 Å². The molecule has 0 aliphatic heterocycles. The predicted octanol–water partition coefficient (Wildman–Crippen LogP) is 0.306. The SMILES string of the molecule is NC(N)=NC(N)=Nc1cccc2cc(S(=O)(=O)O)ccc12. The zero-order chi connectivity index (χ0) is 15.6. The van der Waals surface area contributed by atoms with Gasteiger partial charge in [-0.3, -0.25) is 4.55 Å². The second-order valence-electron chi connectivity index (χ2n) is 4.14. The summed E-state index contributed by atoms with van der Waals surface area (Å²) in [5, 5.41) is 1.21. The Balaban J connectivity index is 2.61. The van der Waals surface area contributed by atoms with Crippen LogP contribution in [0.2, 0.25) is 0 Å². The van der Waals surface area contributed by atoms with E-state index in [2.05, 4.69) is 9.98 Å². The van der Waals surface area contributed by atoms with Crippen molar-refractivity contribution in [1.82, 2.24) is 0 Å². The first kappa shape index (κ1) is 14.8. The number of benzene rings is 2. The number of fused-ring (bicyclic) bond motifs is 1. The lowest BCUT2D eigenvalue weighted by atomic mass is 10.1. The molecule has 21 heavy (non-hydrogen) atoms. The number of guanidine groups is 2. The van der Waals surface area contributed by atoms with E-state index in [1.54, 1.807) is 18.2 Å². The van der Waals surface area contributed by atoms with Crippen molar-refractivity contribution in [2.75, 3.05) is 0 Å². The van der Waals surface area contributed by atoms with Crippen molar-refractivity contribution in [3.05, 3.63) is 36.4 Å². The predicted molar refractivity (Wildman–Crippen MR) is 80.9 cm³/mol. The van der Waals surface area contributed by atoms with Crippen molar-refractivity contribution >= 4 is 38.5 Å². The first-order valence-electron chi connectivity index (χ1n) is 5.71. The minimum atomic E-state index is -4.26. The van der Waals surface area contributed by atoms with Gasteiger partial charge >= 0.3 is 0 Å². The quantitative estimate of drug-likeness (QED) is 0.355. The van der Waals surface area contributed by atoms with Gasteiger partial charge < -0.3 is 17.2 Å². The molecule has 7 N–H and O–H groups in total. The van der Waals surface area contributed by atoms with Crippen molar-refractivity contribution in [3.63, 3.8) is 0 Å². The molecule has 0 radical (unpaired) electrons. The molecule has 0 spiro atoms. The second-order valence-corrected chi connectivity index (χ2v) is 5.56. The second kappa shape index (κ2) is 5.38. The molecule has 2 rings (SSSR count). The van der Waals surface area contributed by atoms with Crippen LogP contribution < -0.4 is 17.2 Å². The van der Waals surface area contributed by atoms with E-state index < -0.39 is 10.1 Å². The molecular weight excluding hydrogens is 294 g/mol. The maximum atomic E-state index is 11.1. The van der Waals surface area contributed by atoms with Gasteiger partial charge in [-0.1, -0.05) is 18.2 Å². The van der Waals surface area contributed by atoms with Crippen LogP contribution in [0, 0.1) is 0 Å². The zero-order valence-electron chi connectivity index (χ0n) is 10.8. The summed E-state index contributed by atoms with van der Waals surface area (Å²) >= 11 is 0. The molecule has 8 nitrogen and oxygen atoms in total.